The summed E-state index contributed by atoms with van der Waals surface area (Å²) in [5.74, 6) is -0.308. The minimum absolute atomic E-state index is 0.308. The Bertz CT molecular complexity index is 414. The summed E-state index contributed by atoms with van der Waals surface area (Å²) in [6.07, 6.45) is 4.97. The number of ether oxygens (including phenoxy) is 1. The zero-order valence-electron chi connectivity index (χ0n) is 9.94. The van der Waals surface area contributed by atoms with Gasteiger partial charge in [0.25, 0.3) is 0 Å². The fraction of sp³-hybridized carbons (Fsp3) is 0.462. The minimum atomic E-state index is -0.308. The molecule has 92 valence electrons. The van der Waals surface area contributed by atoms with Crippen LogP contribution in [0.15, 0.2) is 23.1 Å². The molecule has 1 aromatic carbocycles. The molecule has 0 spiro atoms. The lowest BCUT2D eigenvalue weighted by Crippen LogP contribution is -2.07. The van der Waals surface area contributed by atoms with Gasteiger partial charge in [-0.05, 0) is 25.0 Å². The standard InChI is InChI=1S/C13H17NO2S/c1-16-13(15)10-7-4-8-11(14)12(10)17-9-5-2-3-6-9/h4,7-9H,2-3,5-6,14H2,1H3. The zero-order chi connectivity index (χ0) is 12.3. The normalized spacial score (nSPS) is 16.1. The highest BCUT2D eigenvalue weighted by molar-refractivity contribution is 8.00. The van der Waals surface area contributed by atoms with Gasteiger partial charge < -0.3 is 10.5 Å². The molecule has 0 saturated heterocycles. The van der Waals surface area contributed by atoms with E-state index in [2.05, 4.69) is 0 Å². The van der Waals surface area contributed by atoms with Gasteiger partial charge in [0.05, 0.1) is 12.7 Å². The van der Waals surface area contributed by atoms with Gasteiger partial charge in [0, 0.05) is 15.8 Å². The van der Waals surface area contributed by atoms with Crippen molar-refractivity contribution in [1.29, 1.82) is 0 Å². The smallest absolute Gasteiger partial charge is 0.339 e. The molecule has 0 aromatic heterocycles. The van der Waals surface area contributed by atoms with E-state index in [4.69, 9.17) is 10.5 Å². The summed E-state index contributed by atoms with van der Waals surface area (Å²) in [7, 11) is 1.40. The molecule has 1 aliphatic rings. The van der Waals surface area contributed by atoms with E-state index in [0.29, 0.717) is 16.5 Å². The van der Waals surface area contributed by atoms with Crippen LogP contribution in [0.4, 0.5) is 5.69 Å². The fourth-order valence-electron chi connectivity index (χ4n) is 2.13. The van der Waals surface area contributed by atoms with Gasteiger partial charge in [0.15, 0.2) is 0 Å². The van der Waals surface area contributed by atoms with Crippen molar-refractivity contribution >= 4 is 23.4 Å². The van der Waals surface area contributed by atoms with Crippen molar-refractivity contribution < 1.29 is 9.53 Å². The number of thioether (sulfide) groups is 1. The zero-order valence-corrected chi connectivity index (χ0v) is 10.8. The van der Waals surface area contributed by atoms with Gasteiger partial charge in [0.1, 0.15) is 0 Å². The Morgan fingerprint density at radius 1 is 1.41 bits per heavy atom. The van der Waals surface area contributed by atoms with Gasteiger partial charge in [-0.1, -0.05) is 18.9 Å². The second-order valence-electron chi connectivity index (χ2n) is 4.24. The maximum absolute atomic E-state index is 11.7. The molecule has 0 aliphatic heterocycles. The maximum atomic E-state index is 11.7. The number of carbonyl (C=O) groups excluding carboxylic acids is 1. The van der Waals surface area contributed by atoms with E-state index in [0.717, 1.165) is 4.90 Å². The Balaban J connectivity index is 2.26. The van der Waals surface area contributed by atoms with E-state index >= 15 is 0 Å². The van der Waals surface area contributed by atoms with Gasteiger partial charge in [-0.15, -0.1) is 11.8 Å². The molecule has 2 N–H and O–H groups in total. The van der Waals surface area contributed by atoms with Crippen molar-refractivity contribution in [3.63, 3.8) is 0 Å². The number of rotatable bonds is 3. The van der Waals surface area contributed by atoms with Gasteiger partial charge >= 0.3 is 5.97 Å². The third-order valence-corrected chi connectivity index (χ3v) is 4.53. The summed E-state index contributed by atoms with van der Waals surface area (Å²) in [6, 6.07) is 5.41. The summed E-state index contributed by atoms with van der Waals surface area (Å²) in [5.41, 5.74) is 7.22. The summed E-state index contributed by atoms with van der Waals surface area (Å²) in [6.45, 7) is 0. The molecule has 1 saturated carbocycles. The van der Waals surface area contributed by atoms with Crippen LogP contribution < -0.4 is 5.73 Å². The molecular formula is C13H17NO2S. The number of hydrogen-bond donors (Lipinski definition) is 1. The van der Waals surface area contributed by atoms with Crippen molar-refractivity contribution in [2.75, 3.05) is 12.8 Å². The number of anilines is 1. The number of hydrogen-bond acceptors (Lipinski definition) is 4. The molecule has 3 nitrogen and oxygen atoms in total. The van der Waals surface area contributed by atoms with Gasteiger partial charge in [-0.3, -0.25) is 0 Å². The lowest BCUT2D eigenvalue weighted by Gasteiger charge is -2.14. The third-order valence-electron chi connectivity index (χ3n) is 3.04. The first-order valence-corrected chi connectivity index (χ1v) is 6.74. The average Bonchev–Trinajstić information content (AvgIpc) is 2.83. The van der Waals surface area contributed by atoms with Gasteiger partial charge in [0.2, 0.25) is 0 Å². The van der Waals surface area contributed by atoms with Crippen molar-refractivity contribution in [3.05, 3.63) is 23.8 Å². The monoisotopic (exact) mass is 251 g/mol. The first-order valence-electron chi connectivity index (χ1n) is 5.86. The van der Waals surface area contributed by atoms with Crippen LogP contribution in [0.1, 0.15) is 36.0 Å². The molecule has 0 heterocycles. The SMILES string of the molecule is COC(=O)c1cccc(N)c1SC1CCCC1. The average molecular weight is 251 g/mol. The summed E-state index contributed by atoms with van der Waals surface area (Å²) in [4.78, 5) is 12.5. The second kappa shape index (κ2) is 5.45. The molecule has 0 unspecified atom stereocenters. The Morgan fingerprint density at radius 3 is 2.76 bits per heavy atom. The number of nitrogen functional groups attached to an aromatic ring is 1. The van der Waals surface area contributed by atoms with Crippen LogP contribution in [0.2, 0.25) is 0 Å². The Morgan fingerprint density at radius 2 is 2.12 bits per heavy atom. The number of nitrogens with two attached hydrogens (primary N) is 1. The third kappa shape index (κ3) is 2.75. The summed E-state index contributed by atoms with van der Waals surface area (Å²) < 4.78 is 4.79. The van der Waals surface area contributed by atoms with Crippen LogP contribution in [0, 0.1) is 0 Å². The number of methoxy groups -OCH3 is 1. The topological polar surface area (TPSA) is 52.3 Å². The van der Waals surface area contributed by atoms with Crippen LogP contribution in [-0.2, 0) is 4.74 Å². The van der Waals surface area contributed by atoms with E-state index in [1.54, 1.807) is 23.9 Å². The van der Waals surface area contributed by atoms with Crippen molar-refractivity contribution in [1.82, 2.24) is 0 Å². The fourth-order valence-corrected chi connectivity index (χ4v) is 3.51. The quantitative estimate of drug-likeness (QED) is 0.662. The van der Waals surface area contributed by atoms with Crippen LogP contribution in [-0.4, -0.2) is 18.3 Å². The Labute approximate surface area is 106 Å². The highest BCUT2D eigenvalue weighted by Gasteiger charge is 2.21. The molecule has 1 aromatic rings. The molecule has 0 radical (unpaired) electrons. The van der Waals surface area contributed by atoms with E-state index in [1.165, 1.54) is 32.8 Å². The molecule has 2 rings (SSSR count). The first kappa shape index (κ1) is 12.3. The van der Waals surface area contributed by atoms with Crippen molar-refractivity contribution in [2.45, 2.75) is 35.8 Å². The van der Waals surface area contributed by atoms with Crippen LogP contribution in [0.25, 0.3) is 0 Å². The molecule has 0 bridgehead atoms. The molecule has 4 heteroatoms. The van der Waals surface area contributed by atoms with Crippen LogP contribution in [0.3, 0.4) is 0 Å². The van der Waals surface area contributed by atoms with Gasteiger partial charge in [-0.25, -0.2) is 4.79 Å². The predicted octanol–water partition coefficient (Wildman–Crippen LogP) is 3.09. The van der Waals surface area contributed by atoms with Crippen molar-refractivity contribution in [2.24, 2.45) is 0 Å². The number of benzene rings is 1. The molecule has 0 amide bonds. The van der Waals surface area contributed by atoms with Crippen LogP contribution in [0.5, 0.6) is 0 Å². The van der Waals surface area contributed by atoms with Gasteiger partial charge in [-0.2, -0.15) is 0 Å². The molecule has 1 aliphatic carbocycles. The summed E-state index contributed by atoms with van der Waals surface area (Å²) in [5, 5.41) is 0.586. The number of esters is 1. The highest BCUT2D eigenvalue weighted by atomic mass is 32.2. The minimum Gasteiger partial charge on any atom is -0.465 e. The van der Waals surface area contributed by atoms with E-state index in [-0.39, 0.29) is 5.97 Å². The number of carbonyl (C=O) groups is 1. The molecule has 1 fully saturated rings. The van der Waals surface area contributed by atoms with E-state index < -0.39 is 0 Å². The molecular weight excluding hydrogens is 234 g/mol. The second-order valence-corrected chi connectivity index (χ2v) is 5.55. The molecule has 17 heavy (non-hydrogen) atoms. The first-order chi connectivity index (χ1) is 8.22. The maximum Gasteiger partial charge on any atom is 0.339 e. The summed E-state index contributed by atoms with van der Waals surface area (Å²) >= 11 is 1.72. The highest BCUT2D eigenvalue weighted by Crippen LogP contribution is 2.39. The van der Waals surface area contributed by atoms with Crippen LogP contribution >= 0.6 is 11.8 Å². The Kier molecular flexibility index (Phi) is 3.94. The lowest BCUT2D eigenvalue weighted by atomic mass is 10.2. The van der Waals surface area contributed by atoms with E-state index in [9.17, 15) is 4.79 Å². The Hall–Kier alpha value is -1.16. The van der Waals surface area contributed by atoms with Crippen molar-refractivity contribution in [3.8, 4) is 0 Å². The largest absolute Gasteiger partial charge is 0.465 e. The lowest BCUT2D eigenvalue weighted by molar-refractivity contribution is 0.0597. The molecule has 0 atom stereocenters. The predicted molar refractivity (Wildman–Crippen MR) is 70.3 cm³/mol. The van der Waals surface area contributed by atoms with E-state index in [1.807, 2.05) is 6.07 Å².